The predicted octanol–water partition coefficient (Wildman–Crippen LogP) is 3.71. The number of nitriles is 1. The number of hydrogen-bond acceptors (Lipinski definition) is 6. The normalized spacial score (nSPS) is 26.3. The average Bonchev–Trinajstić information content (AvgIpc) is 2.78. The van der Waals surface area contributed by atoms with Crippen LogP contribution in [0.25, 0.3) is 0 Å². The molecule has 2 heterocycles. The molecule has 1 aliphatic carbocycles. The fourth-order valence-corrected chi connectivity index (χ4v) is 4.43. The minimum absolute atomic E-state index is 0.229. The number of piperidine rings is 1. The monoisotopic (exact) mass is 410 g/mol. The van der Waals surface area contributed by atoms with Crippen molar-refractivity contribution in [1.29, 1.82) is 5.26 Å². The van der Waals surface area contributed by atoms with E-state index in [1.165, 1.54) is 21.8 Å². The SMILES string of the molecule is C/C=C1\C(=C/CCC)C=C(C2=CC(C#N)=C(OC)NC2)CC1NC1CCN(O)CC1. The Hall–Kier alpha value is -2.33. The number of rotatable bonds is 6. The van der Waals surface area contributed by atoms with Crippen molar-refractivity contribution in [1.82, 2.24) is 15.7 Å². The van der Waals surface area contributed by atoms with E-state index in [1.807, 2.05) is 6.08 Å². The number of ether oxygens (including phenoxy) is 1. The fourth-order valence-electron chi connectivity index (χ4n) is 4.43. The molecule has 0 bridgehead atoms. The van der Waals surface area contributed by atoms with Crippen molar-refractivity contribution in [3.63, 3.8) is 0 Å². The molecule has 3 N–H and O–H groups in total. The third kappa shape index (κ3) is 5.23. The summed E-state index contributed by atoms with van der Waals surface area (Å²) in [6.07, 6.45) is 13.7. The van der Waals surface area contributed by atoms with Gasteiger partial charge in [0, 0.05) is 31.7 Å². The molecule has 0 aromatic rings. The van der Waals surface area contributed by atoms with Crippen molar-refractivity contribution in [3.05, 3.63) is 58.1 Å². The number of dihydropyridines is 1. The molecule has 0 radical (unpaired) electrons. The van der Waals surface area contributed by atoms with Gasteiger partial charge in [-0.2, -0.15) is 10.3 Å². The van der Waals surface area contributed by atoms with Crippen LogP contribution >= 0.6 is 0 Å². The molecule has 1 unspecified atom stereocenters. The third-order valence-electron chi connectivity index (χ3n) is 6.07. The summed E-state index contributed by atoms with van der Waals surface area (Å²) < 4.78 is 5.29. The fraction of sp³-hybridized carbons (Fsp3) is 0.542. The van der Waals surface area contributed by atoms with Crippen LogP contribution in [0.3, 0.4) is 0 Å². The lowest BCUT2D eigenvalue weighted by molar-refractivity contribution is -0.108. The van der Waals surface area contributed by atoms with Crippen LogP contribution in [0.5, 0.6) is 0 Å². The maximum atomic E-state index is 9.69. The Morgan fingerprint density at radius 1 is 1.33 bits per heavy atom. The van der Waals surface area contributed by atoms with Crippen LogP contribution in [-0.4, -0.2) is 49.1 Å². The summed E-state index contributed by atoms with van der Waals surface area (Å²) >= 11 is 0. The van der Waals surface area contributed by atoms with E-state index in [2.05, 4.69) is 48.8 Å². The van der Waals surface area contributed by atoms with Gasteiger partial charge in [0.2, 0.25) is 5.88 Å². The Morgan fingerprint density at radius 3 is 2.73 bits per heavy atom. The van der Waals surface area contributed by atoms with E-state index < -0.39 is 0 Å². The summed E-state index contributed by atoms with van der Waals surface area (Å²) in [5, 5.41) is 27.7. The highest BCUT2D eigenvalue weighted by Crippen LogP contribution is 2.34. The number of nitrogens with zero attached hydrogens (tertiary/aromatic N) is 2. The van der Waals surface area contributed by atoms with Gasteiger partial charge in [0.1, 0.15) is 11.6 Å². The first-order chi connectivity index (χ1) is 14.6. The number of hydrogen-bond donors (Lipinski definition) is 3. The maximum Gasteiger partial charge on any atom is 0.205 e. The van der Waals surface area contributed by atoms with Gasteiger partial charge >= 0.3 is 0 Å². The highest BCUT2D eigenvalue weighted by Gasteiger charge is 2.29. The van der Waals surface area contributed by atoms with Crippen molar-refractivity contribution in [3.8, 4) is 6.07 Å². The van der Waals surface area contributed by atoms with Crippen molar-refractivity contribution in [2.24, 2.45) is 0 Å². The second kappa shape index (κ2) is 10.6. The van der Waals surface area contributed by atoms with Crippen LogP contribution in [0.1, 0.15) is 46.0 Å². The Balaban J connectivity index is 1.89. The Kier molecular flexibility index (Phi) is 7.92. The van der Waals surface area contributed by atoms with Gasteiger partial charge in [-0.05, 0) is 61.0 Å². The van der Waals surface area contributed by atoms with Gasteiger partial charge < -0.3 is 20.6 Å². The van der Waals surface area contributed by atoms with Gasteiger partial charge in [0.15, 0.2) is 0 Å². The average molecular weight is 411 g/mol. The summed E-state index contributed by atoms with van der Waals surface area (Å²) in [6, 6.07) is 2.86. The van der Waals surface area contributed by atoms with Crippen molar-refractivity contribution < 1.29 is 9.94 Å². The number of hydroxylamine groups is 2. The topological polar surface area (TPSA) is 80.5 Å². The first-order valence-corrected chi connectivity index (χ1v) is 11.0. The highest BCUT2D eigenvalue weighted by atomic mass is 16.5. The quantitative estimate of drug-likeness (QED) is 0.619. The van der Waals surface area contributed by atoms with E-state index in [-0.39, 0.29) is 6.04 Å². The van der Waals surface area contributed by atoms with Crippen molar-refractivity contribution in [2.45, 2.75) is 58.0 Å². The number of allylic oxidation sites excluding steroid dienone is 5. The zero-order valence-corrected chi connectivity index (χ0v) is 18.4. The lowest BCUT2D eigenvalue weighted by atomic mass is 9.81. The highest BCUT2D eigenvalue weighted by molar-refractivity contribution is 5.56. The molecule has 1 atom stereocenters. The summed E-state index contributed by atoms with van der Waals surface area (Å²) in [7, 11) is 1.58. The van der Waals surface area contributed by atoms with Crippen LogP contribution in [0.2, 0.25) is 0 Å². The molecule has 6 heteroatoms. The molecule has 0 aromatic heterocycles. The van der Waals surface area contributed by atoms with Gasteiger partial charge in [-0.1, -0.05) is 31.6 Å². The minimum atomic E-state index is 0.229. The van der Waals surface area contributed by atoms with Gasteiger partial charge in [0.05, 0.1) is 7.11 Å². The third-order valence-corrected chi connectivity index (χ3v) is 6.07. The molecule has 0 aromatic carbocycles. The maximum absolute atomic E-state index is 9.69. The first kappa shape index (κ1) is 22.4. The number of unbranched alkanes of at least 4 members (excludes halogenated alkanes) is 1. The van der Waals surface area contributed by atoms with E-state index in [0.717, 1.165) is 37.7 Å². The number of nitrogens with one attached hydrogen (secondary N) is 2. The van der Waals surface area contributed by atoms with E-state index in [4.69, 9.17) is 4.74 Å². The van der Waals surface area contributed by atoms with E-state index in [9.17, 15) is 10.5 Å². The van der Waals surface area contributed by atoms with Gasteiger partial charge in [-0.25, -0.2) is 0 Å². The first-order valence-electron chi connectivity index (χ1n) is 11.0. The lowest BCUT2D eigenvalue weighted by Crippen LogP contribution is -2.47. The second-order valence-corrected chi connectivity index (χ2v) is 8.09. The molecule has 6 nitrogen and oxygen atoms in total. The lowest BCUT2D eigenvalue weighted by Gasteiger charge is -2.36. The molecule has 30 heavy (non-hydrogen) atoms. The van der Waals surface area contributed by atoms with Crippen LogP contribution in [-0.2, 0) is 4.74 Å². The molecule has 0 spiro atoms. The Morgan fingerprint density at radius 2 is 2.10 bits per heavy atom. The molecule has 3 aliphatic rings. The van der Waals surface area contributed by atoms with Crippen LogP contribution in [0.4, 0.5) is 0 Å². The standard InChI is InChI=1S/C24H34N4O2/c1-4-6-7-17-12-18(20-13-19(15-25)24(30-3)26-16-20)14-23(22(17)5-2)27-21-8-10-28(29)11-9-21/h5,7,12-13,21,23,26-27,29H,4,6,8-11,14,16H2,1-3H3/b17-7-,22-5+. The molecule has 1 fully saturated rings. The summed E-state index contributed by atoms with van der Waals surface area (Å²) in [5.74, 6) is 0.541. The number of methoxy groups -OCH3 is 1. The van der Waals surface area contributed by atoms with Crippen LogP contribution in [0, 0.1) is 11.3 Å². The predicted molar refractivity (Wildman–Crippen MR) is 118 cm³/mol. The summed E-state index contributed by atoms with van der Waals surface area (Å²) in [4.78, 5) is 0. The second-order valence-electron chi connectivity index (χ2n) is 8.09. The minimum Gasteiger partial charge on any atom is -0.482 e. The van der Waals surface area contributed by atoms with E-state index >= 15 is 0 Å². The van der Waals surface area contributed by atoms with Crippen molar-refractivity contribution >= 4 is 0 Å². The Labute approximate surface area is 180 Å². The summed E-state index contributed by atoms with van der Waals surface area (Å²) in [6.45, 7) is 6.38. The largest absolute Gasteiger partial charge is 0.482 e. The van der Waals surface area contributed by atoms with E-state index in [1.54, 1.807) is 7.11 Å². The van der Waals surface area contributed by atoms with Gasteiger partial charge in [-0.15, -0.1) is 0 Å². The van der Waals surface area contributed by atoms with Crippen LogP contribution < -0.4 is 10.6 Å². The zero-order chi connectivity index (χ0) is 21.5. The van der Waals surface area contributed by atoms with Gasteiger partial charge in [0.25, 0.3) is 0 Å². The molecule has 1 saturated heterocycles. The molecule has 0 saturated carbocycles. The molecule has 3 rings (SSSR count). The molecule has 0 amide bonds. The van der Waals surface area contributed by atoms with E-state index in [0.29, 0.717) is 37.1 Å². The molecule has 162 valence electrons. The molecular weight excluding hydrogens is 376 g/mol. The van der Waals surface area contributed by atoms with Crippen LogP contribution in [0.15, 0.2) is 58.1 Å². The zero-order valence-electron chi connectivity index (χ0n) is 18.4. The summed E-state index contributed by atoms with van der Waals surface area (Å²) in [5.41, 5.74) is 5.56. The van der Waals surface area contributed by atoms with Gasteiger partial charge in [-0.3, -0.25) is 0 Å². The molecule has 2 aliphatic heterocycles. The smallest absolute Gasteiger partial charge is 0.205 e. The van der Waals surface area contributed by atoms with Crippen molar-refractivity contribution in [2.75, 3.05) is 26.7 Å². The Bertz CT molecular complexity index is 821. The molecular formula is C24H34N4O2.